The molecule has 2 rings (SSSR count). The summed E-state index contributed by atoms with van der Waals surface area (Å²) in [7, 11) is 0. The van der Waals surface area contributed by atoms with Crippen LogP contribution < -0.4 is 4.74 Å². The molecule has 1 N–H and O–H groups in total. The van der Waals surface area contributed by atoms with E-state index in [1.54, 1.807) is 12.1 Å². The highest BCUT2D eigenvalue weighted by Gasteiger charge is 2.24. The average molecular weight is 255 g/mol. The Hall–Kier alpha value is -1.22. The van der Waals surface area contributed by atoms with Crippen molar-refractivity contribution in [3.05, 3.63) is 28.8 Å². The van der Waals surface area contributed by atoms with Gasteiger partial charge in [0.25, 0.3) is 0 Å². The van der Waals surface area contributed by atoms with Crippen molar-refractivity contribution >= 4 is 17.6 Å². The van der Waals surface area contributed by atoms with Gasteiger partial charge in [-0.1, -0.05) is 18.0 Å². The van der Waals surface area contributed by atoms with E-state index in [0.29, 0.717) is 16.7 Å². The zero-order valence-corrected chi connectivity index (χ0v) is 10.4. The zero-order chi connectivity index (χ0) is 12.4. The first kappa shape index (κ1) is 12.2. The van der Waals surface area contributed by atoms with Crippen molar-refractivity contribution < 1.29 is 14.6 Å². The third-order valence-corrected chi connectivity index (χ3v) is 3.40. The lowest BCUT2D eigenvalue weighted by Crippen LogP contribution is -2.24. The summed E-state index contributed by atoms with van der Waals surface area (Å²) >= 11 is 5.97. The normalized spacial score (nSPS) is 17.3. The third kappa shape index (κ3) is 2.72. The van der Waals surface area contributed by atoms with Gasteiger partial charge in [-0.15, -0.1) is 0 Å². The molecule has 0 heterocycles. The van der Waals surface area contributed by atoms with Crippen LogP contribution in [0.5, 0.6) is 5.75 Å². The van der Waals surface area contributed by atoms with E-state index in [1.165, 1.54) is 13.3 Å². The Kier molecular flexibility index (Phi) is 3.57. The predicted octanol–water partition coefficient (Wildman–Crippen LogP) is 3.46. The fraction of sp³-hybridized carbons (Fsp3) is 0.462. The largest absolute Gasteiger partial charge is 0.479 e. The molecule has 92 valence electrons. The second kappa shape index (κ2) is 4.96. The first-order valence-corrected chi connectivity index (χ1v) is 6.14. The Bertz CT molecular complexity index is 427. The van der Waals surface area contributed by atoms with Gasteiger partial charge < -0.3 is 9.84 Å². The Morgan fingerprint density at radius 1 is 1.53 bits per heavy atom. The number of halogens is 1. The minimum atomic E-state index is -0.959. The van der Waals surface area contributed by atoms with Crippen LogP contribution in [0.15, 0.2) is 18.2 Å². The quantitative estimate of drug-likeness (QED) is 0.895. The maximum absolute atomic E-state index is 10.8. The molecule has 1 aliphatic rings. The number of hydrogen-bond donors (Lipinski definition) is 1. The van der Waals surface area contributed by atoms with E-state index in [2.05, 4.69) is 0 Å². The zero-order valence-electron chi connectivity index (χ0n) is 9.65. The lowest BCUT2D eigenvalue weighted by atomic mass is 9.79. The van der Waals surface area contributed by atoms with Crippen LogP contribution in [0.3, 0.4) is 0 Å². The van der Waals surface area contributed by atoms with Crippen LogP contribution in [0.4, 0.5) is 0 Å². The highest BCUT2D eigenvalue weighted by atomic mass is 35.5. The molecule has 3 nitrogen and oxygen atoms in total. The van der Waals surface area contributed by atoms with Gasteiger partial charge in [0.15, 0.2) is 6.10 Å². The molecule has 0 saturated heterocycles. The minimum Gasteiger partial charge on any atom is -0.479 e. The van der Waals surface area contributed by atoms with Crippen LogP contribution in [-0.4, -0.2) is 17.2 Å². The van der Waals surface area contributed by atoms with Gasteiger partial charge in [-0.05, 0) is 49.4 Å². The van der Waals surface area contributed by atoms with Crippen LogP contribution in [0.2, 0.25) is 5.02 Å². The fourth-order valence-corrected chi connectivity index (χ4v) is 2.09. The monoisotopic (exact) mass is 254 g/mol. The number of ether oxygens (including phenoxy) is 1. The van der Waals surface area contributed by atoms with E-state index in [4.69, 9.17) is 21.4 Å². The number of carboxylic acids is 1. The van der Waals surface area contributed by atoms with Crippen LogP contribution in [0.1, 0.15) is 37.7 Å². The number of benzene rings is 1. The molecule has 1 atom stereocenters. The molecule has 1 saturated carbocycles. The van der Waals surface area contributed by atoms with Crippen molar-refractivity contribution in [2.24, 2.45) is 0 Å². The number of aliphatic carboxylic acids is 1. The summed E-state index contributed by atoms with van der Waals surface area (Å²) in [4.78, 5) is 10.8. The lowest BCUT2D eigenvalue weighted by molar-refractivity contribution is -0.144. The summed E-state index contributed by atoms with van der Waals surface area (Å²) < 4.78 is 5.46. The van der Waals surface area contributed by atoms with E-state index in [1.807, 2.05) is 6.07 Å². The summed E-state index contributed by atoms with van der Waals surface area (Å²) in [5, 5.41) is 9.52. The van der Waals surface area contributed by atoms with Crippen molar-refractivity contribution in [3.8, 4) is 5.75 Å². The number of hydrogen-bond acceptors (Lipinski definition) is 2. The van der Waals surface area contributed by atoms with Crippen LogP contribution in [-0.2, 0) is 4.79 Å². The first-order valence-electron chi connectivity index (χ1n) is 5.77. The molecule has 0 amide bonds. The Labute approximate surface area is 105 Å². The van der Waals surface area contributed by atoms with Crippen molar-refractivity contribution in [1.29, 1.82) is 0 Å². The molecule has 1 aliphatic carbocycles. The average Bonchev–Trinajstić information content (AvgIpc) is 2.19. The van der Waals surface area contributed by atoms with E-state index in [-0.39, 0.29) is 0 Å². The van der Waals surface area contributed by atoms with Crippen molar-refractivity contribution in [2.75, 3.05) is 0 Å². The molecular formula is C13H15ClO3. The summed E-state index contributed by atoms with van der Waals surface area (Å²) in [6.07, 6.45) is 2.62. The Balaban J connectivity index is 2.22. The molecule has 1 aromatic rings. The second-order valence-electron chi connectivity index (χ2n) is 4.41. The lowest BCUT2D eigenvalue weighted by Gasteiger charge is -2.28. The highest BCUT2D eigenvalue weighted by Crippen LogP contribution is 2.42. The summed E-state index contributed by atoms with van der Waals surface area (Å²) in [6.45, 7) is 1.53. The topological polar surface area (TPSA) is 46.5 Å². The van der Waals surface area contributed by atoms with E-state index < -0.39 is 12.1 Å². The second-order valence-corrected chi connectivity index (χ2v) is 4.84. The van der Waals surface area contributed by atoms with Crippen LogP contribution >= 0.6 is 11.6 Å². The molecule has 0 radical (unpaired) electrons. The molecular weight excluding hydrogens is 240 g/mol. The molecule has 0 spiro atoms. The van der Waals surface area contributed by atoms with Gasteiger partial charge in [0, 0.05) is 5.02 Å². The van der Waals surface area contributed by atoms with E-state index in [9.17, 15) is 4.79 Å². The molecule has 1 unspecified atom stereocenters. The molecule has 1 aromatic carbocycles. The van der Waals surface area contributed by atoms with Gasteiger partial charge in [0.2, 0.25) is 0 Å². The molecule has 0 bridgehead atoms. The minimum absolute atomic E-state index is 0.463. The standard InChI is InChI=1S/C13H15ClO3/c1-8(13(15)16)17-12-6-5-10(14)7-11(12)9-3-2-4-9/h5-9H,2-4H2,1H3,(H,15,16). The maximum atomic E-state index is 10.8. The smallest absolute Gasteiger partial charge is 0.344 e. The van der Waals surface area contributed by atoms with Gasteiger partial charge in [0.1, 0.15) is 5.75 Å². The molecule has 1 fully saturated rings. The van der Waals surface area contributed by atoms with Gasteiger partial charge in [-0.25, -0.2) is 4.79 Å². The molecule has 17 heavy (non-hydrogen) atoms. The summed E-state index contributed by atoms with van der Waals surface area (Å²) in [6, 6.07) is 5.37. The maximum Gasteiger partial charge on any atom is 0.344 e. The third-order valence-electron chi connectivity index (χ3n) is 3.17. The number of rotatable bonds is 4. The van der Waals surface area contributed by atoms with Gasteiger partial charge in [-0.2, -0.15) is 0 Å². The SMILES string of the molecule is CC(Oc1ccc(Cl)cc1C1CCC1)C(=O)O. The summed E-state index contributed by atoms with van der Waals surface area (Å²) in [5.74, 6) is 0.151. The Morgan fingerprint density at radius 3 is 2.76 bits per heavy atom. The van der Waals surface area contributed by atoms with E-state index >= 15 is 0 Å². The summed E-state index contributed by atoms with van der Waals surface area (Å²) in [5.41, 5.74) is 1.04. The van der Waals surface area contributed by atoms with Gasteiger partial charge >= 0.3 is 5.97 Å². The predicted molar refractivity (Wildman–Crippen MR) is 65.8 cm³/mol. The van der Waals surface area contributed by atoms with Gasteiger partial charge in [-0.3, -0.25) is 0 Å². The molecule has 0 aromatic heterocycles. The first-order chi connectivity index (χ1) is 8.08. The highest BCUT2D eigenvalue weighted by molar-refractivity contribution is 6.30. The molecule has 4 heteroatoms. The Morgan fingerprint density at radius 2 is 2.24 bits per heavy atom. The number of carbonyl (C=O) groups is 1. The van der Waals surface area contributed by atoms with Crippen molar-refractivity contribution in [2.45, 2.75) is 38.2 Å². The van der Waals surface area contributed by atoms with Crippen molar-refractivity contribution in [1.82, 2.24) is 0 Å². The van der Waals surface area contributed by atoms with Crippen LogP contribution in [0, 0.1) is 0 Å². The molecule has 0 aliphatic heterocycles. The fourth-order valence-electron chi connectivity index (χ4n) is 1.91. The van der Waals surface area contributed by atoms with E-state index in [0.717, 1.165) is 18.4 Å². The van der Waals surface area contributed by atoms with Gasteiger partial charge in [0.05, 0.1) is 0 Å². The van der Waals surface area contributed by atoms with Crippen molar-refractivity contribution in [3.63, 3.8) is 0 Å². The number of carboxylic acid groups (broad SMARTS) is 1. The van der Waals surface area contributed by atoms with Crippen LogP contribution in [0.25, 0.3) is 0 Å².